The van der Waals surface area contributed by atoms with Crippen LogP contribution in [0.15, 0.2) is 42.7 Å². The van der Waals surface area contributed by atoms with Crippen LogP contribution in [0.1, 0.15) is 35.2 Å². The Morgan fingerprint density at radius 3 is 2.67 bits per heavy atom. The Balaban J connectivity index is 1.69. The van der Waals surface area contributed by atoms with Gasteiger partial charge in [-0.2, -0.15) is 5.10 Å². The Hall–Kier alpha value is -1.09. The van der Waals surface area contributed by atoms with Gasteiger partial charge in [0.2, 0.25) is 0 Å². The highest BCUT2D eigenvalue weighted by atomic mass is 79.9. The lowest BCUT2D eigenvalue weighted by molar-refractivity contribution is 0.674. The number of alkyl halides is 1. The van der Waals surface area contributed by atoms with E-state index in [1.54, 1.807) is 0 Å². The van der Waals surface area contributed by atoms with Gasteiger partial charge in [0.15, 0.2) is 0 Å². The standard InChI is InChI=1S/C15H19BrN2/c1-18-12-13(11-17-18)7-5-6-10-15(16)14-8-3-2-4-9-14/h2-4,8-9,11-12,15H,5-7,10H2,1H3. The van der Waals surface area contributed by atoms with Crippen molar-refractivity contribution in [2.45, 2.75) is 30.5 Å². The van der Waals surface area contributed by atoms with Crippen LogP contribution in [-0.4, -0.2) is 9.78 Å². The number of aromatic nitrogens is 2. The fraction of sp³-hybridized carbons (Fsp3) is 0.400. The van der Waals surface area contributed by atoms with Gasteiger partial charge in [-0.3, -0.25) is 4.68 Å². The first kappa shape index (κ1) is 13.3. The second-order valence-corrected chi connectivity index (χ2v) is 5.75. The molecule has 0 fully saturated rings. The van der Waals surface area contributed by atoms with Crippen LogP contribution in [0.2, 0.25) is 0 Å². The maximum atomic E-state index is 4.19. The van der Waals surface area contributed by atoms with E-state index in [1.165, 1.54) is 30.4 Å². The van der Waals surface area contributed by atoms with Crippen molar-refractivity contribution in [3.8, 4) is 0 Å². The molecule has 0 aliphatic heterocycles. The van der Waals surface area contributed by atoms with Crippen LogP contribution >= 0.6 is 15.9 Å². The van der Waals surface area contributed by atoms with Gasteiger partial charge in [0.1, 0.15) is 0 Å². The van der Waals surface area contributed by atoms with Crippen molar-refractivity contribution in [2.24, 2.45) is 7.05 Å². The molecule has 0 saturated heterocycles. The largest absolute Gasteiger partial charge is 0.276 e. The minimum absolute atomic E-state index is 0.479. The third kappa shape index (κ3) is 3.98. The average molecular weight is 307 g/mol. The molecule has 1 aromatic carbocycles. The van der Waals surface area contributed by atoms with Crippen molar-refractivity contribution in [2.75, 3.05) is 0 Å². The zero-order valence-corrected chi connectivity index (χ0v) is 12.3. The van der Waals surface area contributed by atoms with Crippen molar-refractivity contribution >= 4 is 15.9 Å². The molecule has 1 atom stereocenters. The van der Waals surface area contributed by atoms with Gasteiger partial charge in [-0.25, -0.2) is 0 Å². The lowest BCUT2D eigenvalue weighted by atomic mass is 10.0. The molecule has 1 heterocycles. The summed E-state index contributed by atoms with van der Waals surface area (Å²) in [5.41, 5.74) is 2.71. The Labute approximate surface area is 117 Å². The summed E-state index contributed by atoms with van der Waals surface area (Å²) < 4.78 is 1.87. The molecule has 0 aliphatic carbocycles. The molecule has 0 aliphatic rings. The molecule has 96 valence electrons. The fourth-order valence-electron chi connectivity index (χ4n) is 2.08. The Bertz CT molecular complexity index is 464. The number of unbranched alkanes of at least 4 members (excludes halogenated alkanes) is 1. The summed E-state index contributed by atoms with van der Waals surface area (Å²) in [6.45, 7) is 0. The zero-order chi connectivity index (χ0) is 12.8. The van der Waals surface area contributed by atoms with E-state index >= 15 is 0 Å². The van der Waals surface area contributed by atoms with Crippen LogP contribution in [0, 0.1) is 0 Å². The Morgan fingerprint density at radius 2 is 2.00 bits per heavy atom. The molecule has 0 radical (unpaired) electrons. The number of nitrogens with zero attached hydrogens (tertiary/aromatic N) is 2. The van der Waals surface area contributed by atoms with Crippen LogP contribution in [-0.2, 0) is 13.5 Å². The summed E-state index contributed by atoms with van der Waals surface area (Å²) in [7, 11) is 1.97. The summed E-state index contributed by atoms with van der Waals surface area (Å²) in [4.78, 5) is 0.479. The number of benzene rings is 1. The van der Waals surface area contributed by atoms with Gasteiger partial charge in [0.05, 0.1) is 6.20 Å². The zero-order valence-electron chi connectivity index (χ0n) is 10.7. The van der Waals surface area contributed by atoms with Crippen molar-refractivity contribution in [1.82, 2.24) is 9.78 Å². The second-order valence-electron chi connectivity index (χ2n) is 4.65. The predicted octanol–water partition coefficient (Wildman–Crippen LogP) is 4.27. The van der Waals surface area contributed by atoms with Crippen molar-refractivity contribution in [3.05, 3.63) is 53.9 Å². The average Bonchev–Trinajstić information content (AvgIpc) is 2.81. The number of halogens is 1. The highest BCUT2D eigenvalue weighted by molar-refractivity contribution is 9.09. The first-order valence-corrected chi connectivity index (χ1v) is 7.34. The van der Waals surface area contributed by atoms with E-state index in [4.69, 9.17) is 0 Å². The molecule has 0 bridgehead atoms. The molecule has 3 heteroatoms. The highest BCUT2D eigenvalue weighted by Crippen LogP contribution is 2.28. The lowest BCUT2D eigenvalue weighted by Crippen LogP contribution is -1.91. The van der Waals surface area contributed by atoms with Crippen LogP contribution in [0.3, 0.4) is 0 Å². The molecule has 2 rings (SSSR count). The Kier molecular flexibility index (Phi) is 5.00. The van der Waals surface area contributed by atoms with Gasteiger partial charge in [0.25, 0.3) is 0 Å². The van der Waals surface area contributed by atoms with Crippen LogP contribution in [0.5, 0.6) is 0 Å². The third-order valence-corrected chi connectivity index (χ3v) is 4.08. The number of hydrogen-bond acceptors (Lipinski definition) is 1. The van der Waals surface area contributed by atoms with Gasteiger partial charge in [-0.1, -0.05) is 52.7 Å². The molecule has 0 amide bonds. The quantitative estimate of drug-likeness (QED) is 0.575. The summed E-state index contributed by atoms with van der Waals surface area (Å²) >= 11 is 3.76. The van der Waals surface area contributed by atoms with E-state index in [2.05, 4.69) is 57.6 Å². The smallest absolute Gasteiger partial charge is 0.0521 e. The van der Waals surface area contributed by atoms with E-state index < -0.39 is 0 Å². The van der Waals surface area contributed by atoms with Crippen LogP contribution in [0.25, 0.3) is 0 Å². The number of rotatable bonds is 6. The van der Waals surface area contributed by atoms with Gasteiger partial charge in [-0.05, 0) is 30.4 Å². The fourth-order valence-corrected chi connectivity index (χ4v) is 2.71. The normalized spacial score (nSPS) is 12.6. The predicted molar refractivity (Wildman–Crippen MR) is 78.9 cm³/mol. The van der Waals surface area contributed by atoms with E-state index in [1.807, 2.05) is 17.9 Å². The van der Waals surface area contributed by atoms with E-state index in [9.17, 15) is 0 Å². The maximum Gasteiger partial charge on any atom is 0.0521 e. The van der Waals surface area contributed by atoms with Crippen LogP contribution in [0.4, 0.5) is 0 Å². The molecular formula is C15H19BrN2. The minimum Gasteiger partial charge on any atom is -0.276 e. The molecule has 0 spiro atoms. The van der Waals surface area contributed by atoms with Gasteiger partial charge >= 0.3 is 0 Å². The van der Waals surface area contributed by atoms with E-state index in [-0.39, 0.29) is 0 Å². The summed E-state index contributed by atoms with van der Waals surface area (Å²) in [6, 6.07) is 10.6. The van der Waals surface area contributed by atoms with E-state index in [0.29, 0.717) is 4.83 Å². The molecule has 0 N–H and O–H groups in total. The monoisotopic (exact) mass is 306 g/mol. The van der Waals surface area contributed by atoms with Crippen molar-refractivity contribution < 1.29 is 0 Å². The van der Waals surface area contributed by atoms with Gasteiger partial charge in [0, 0.05) is 18.1 Å². The molecule has 2 aromatic rings. The number of hydrogen-bond donors (Lipinski definition) is 0. The topological polar surface area (TPSA) is 17.8 Å². The molecule has 1 aromatic heterocycles. The highest BCUT2D eigenvalue weighted by Gasteiger charge is 2.06. The van der Waals surface area contributed by atoms with Crippen molar-refractivity contribution in [1.29, 1.82) is 0 Å². The lowest BCUT2D eigenvalue weighted by Gasteiger charge is -2.09. The molecular weight excluding hydrogens is 288 g/mol. The maximum absolute atomic E-state index is 4.19. The van der Waals surface area contributed by atoms with Gasteiger partial charge < -0.3 is 0 Å². The first-order chi connectivity index (χ1) is 8.75. The second kappa shape index (κ2) is 6.74. The van der Waals surface area contributed by atoms with Crippen LogP contribution < -0.4 is 0 Å². The molecule has 0 saturated carbocycles. The molecule has 18 heavy (non-hydrogen) atoms. The molecule has 1 unspecified atom stereocenters. The Morgan fingerprint density at radius 1 is 1.22 bits per heavy atom. The van der Waals surface area contributed by atoms with Gasteiger partial charge in [-0.15, -0.1) is 0 Å². The van der Waals surface area contributed by atoms with Crippen molar-refractivity contribution in [3.63, 3.8) is 0 Å². The summed E-state index contributed by atoms with van der Waals surface area (Å²) in [5.74, 6) is 0. The SMILES string of the molecule is Cn1cc(CCCCC(Br)c2ccccc2)cn1. The third-order valence-electron chi connectivity index (χ3n) is 3.09. The molecule has 2 nitrogen and oxygen atoms in total. The minimum atomic E-state index is 0.479. The first-order valence-electron chi connectivity index (χ1n) is 6.42. The summed E-state index contributed by atoms with van der Waals surface area (Å²) in [6.07, 6.45) is 8.83. The summed E-state index contributed by atoms with van der Waals surface area (Å²) in [5, 5.41) is 4.19. The van der Waals surface area contributed by atoms with E-state index in [0.717, 1.165) is 6.42 Å². The number of aryl methyl sites for hydroxylation is 2.